The molecule has 2 heterocycles. The van der Waals surface area contributed by atoms with Crippen molar-refractivity contribution in [1.29, 1.82) is 0 Å². The van der Waals surface area contributed by atoms with Crippen LogP contribution in [0, 0.1) is 5.82 Å². The molecule has 0 spiro atoms. The molecule has 1 aliphatic heterocycles. The molecule has 1 unspecified atom stereocenters. The van der Waals surface area contributed by atoms with Crippen LogP contribution >= 0.6 is 22.9 Å². The predicted octanol–water partition coefficient (Wildman–Crippen LogP) is 5.60. The van der Waals surface area contributed by atoms with E-state index in [2.05, 4.69) is 0 Å². The van der Waals surface area contributed by atoms with Gasteiger partial charge in [0.2, 0.25) is 5.91 Å². The Morgan fingerprint density at radius 2 is 1.97 bits per heavy atom. The minimum absolute atomic E-state index is 0.0933. The number of fused-ring (bicyclic) bond motifs is 1. The Labute approximate surface area is 207 Å². The highest BCUT2D eigenvalue weighted by Gasteiger charge is 2.34. The maximum absolute atomic E-state index is 13.7. The average Bonchev–Trinajstić information content (AvgIpc) is 3.30. The SMILES string of the molecule is CC(C)N(CC(=O)N1CCc2sccc2C1COc1ccc(Cl)cc1)C(=O)c1cccc(F)c1. The number of carbonyl (C=O) groups is 2. The molecule has 178 valence electrons. The van der Waals surface area contributed by atoms with Crippen molar-refractivity contribution in [3.63, 3.8) is 0 Å². The van der Waals surface area contributed by atoms with Crippen molar-refractivity contribution in [2.45, 2.75) is 32.4 Å². The summed E-state index contributed by atoms with van der Waals surface area (Å²) in [5.41, 5.74) is 1.30. The van der Waals surface area contributed by atoms with Crippen LogP contribution in [0.5, 0.6) is 5.75 Å². The maximum Gasteiger partial charge on any atom is 0.254 e. The van der Waals surface area contributed by atoms with E-state index in [0.29, 0.717) is 17.3 Å². The highest BCUT2D eigenvalue weighted by atomic mass is 35.5. The van der Waals surface area contributed by atoms with Gasteiger partial charge in [-0.1, -0.05) is 17.7 Å². The van der Waals surface area contributed by atoms with Gasteiger partial charge >= 0.3 is 0 Å². The minimum atomic E-state index is -0.485. The summed E-state index contributed by atoms with van der Waals surface area (Å²) in [6.07, 6.45) is 0.760. The third-order valence-corrected chi connectivity index (χ3v) is 7.15. The lowest BCUT2D eigenvalue weighted by molar-refractivity contribution is -0.136. The Hall–Kier alpha value is -2.90. The number of carbonyl (C=O) groups excluding carboxylic acids is 2. The van der Waals surface area contributed by atoms with Crippen molar-refractivity contribution < 1.29 is 18.7 Å². The molecular weight excluding hydrogens is 475 g/mol. The zero-order valence-electron chi connectivity index (χ0n) is 19.0. The highest BCUT2D eigenvalue weighted by Crippen LogP contribution is 2.34. The molecular formula is C26H26ClFN2O3S. The fourth-order valence-corrected chi connectivity index (χ4v) is 5.15. The topological polar surface area (TPSA) is 49.9 Å². The molecule has 4 rings (SSSR count). The van der Waals surface area contributed by atoms with Gasteiger partial charge in [-0.2, -0.15) is 0 Å². The lowest BCUT2D eigenvalue weighted by atomic mass is 10.00. The van der Waals surface area contributed by atoms with Crippen molar-refractivity contribution in [2.24, 2.45) is 0 Å². The molecule has 34 heavy (non-hydrogen) atoms. The van der Waals surface area contributed by atoms with Crippen LogP contribution in [0.15, 0.2) is 60.0 Å². The van der Waals surface area contributed by atoms with E-state index in [1.165, 1.54) is 28.0 Å². The Bertz CT molecular complexity index is 1160. The first kappa shape index (κ1) is 24.2. The third-order valence-electron chi connectivity index (χ3n) is 5.90. The molecule has 0 radical (unpaired) electrons. The number of thiophene rings is 1. The second kappa shape index (κ2) is 10.6. The number of hydrogen-bond donors (Lipinski definition) is 0. The smallest absolute Gasteiger partial charge is 0.254 e. The van der Waals surface area contributed by atoms with Gasteiger partial charge in [-0.25, -0.2) is 4.39 Å². The minimum Gasteiger partial charge on any atom is -0.491 e. The molecule has 0 saturated heterocycles. The third kappa shape index (κ3) is 5.42. The molecule has 0 N–H and O–H groups in total. The van der Waals surface area contributed by atoms with Crippen molar-refractivity contribution in [2.75, 3.05) is 19.7 Å². The monoisotopic (exact) mass is 500 g/mol. The fourth-order valence-electron chi connectivity index (χ4n) is 4.09. The second-order valence-electron chi connectivity index (χ2n) is 8.45. The van der Waals surface area contributed by atoms with Crippen molar-refractivity contribution in [3.8, 4) is 5.75 Å². The van der Waals surface area contributed by atoms with Crippen LogP contribution in [-0.2, 0) is 11.2 Å². The predicted molar refractivity (Wildman–Crippen MR) is 132 cm³/mol. The number of benzene rings is 2. The van der Waals surface area contributed by atoms with E-state index in [9.17, 15) is 14.0 Å². The Balaban J connectivity index is 1.53. The van der Waals surface area contributed by atoms with Crippen LogP contribution in [-0.4, -0.2) is 47.4 Å². The van der Waals surface area contributed by atoms with Crippen molar-refractivity contribution in [3.05, 3.63) is 86.8 Å². The van der Waals surface area contributed by atoms with Gasteiger partial charge < -0.3 is 14.5 Å². The van der Waals surface area contributed by atoms with Gasteiger partial charge in [-0.15, -0.1) is 11.3 Å². The van der Waals surface area contributed by atoms with Crippen LogP contribution in [0.2, 0.25) is 5.02 Å². The second-order valence-corrected chi connectivity index (χ2v) is 9.89. The van der Waals surface area contributed by atoms with Gasteiger partial charge in [0.15, 0.2) is 0 Å². The summed E-state index contributed by atoms with van der Waals surface area (Å²) in [4.78, 5) is 31.1. The largest absolute Gasteiger partial charge is 0.491 e. The molecule has 8 heteroatoms. The zero-order valence-corrected chi connectivity index (χ0v) is 20.6. The number of hydrogen-bond acceptors (Lipinski definition) is 4. The summed E-state index contributed by atoms with van der Waals surface area (Å²) in [5, 5.41) is 2.65. The van der Waals surface area contributed by atoms with Crippen LogP contribution in [0.25, 0.3) is 0 Å². The number of halogens is 2. The Kier molecular flexibility index (Phi) is 7.54. The standard InChI is InChI=1S/C26H26ClFN2O3S/c1-17(2)30(26(32)18-4-3-5-20(28)14-18)15-25(31)29-12-10-24-22(11-13-34-24)23(29)16-33-21-8-6-19(27)7-9-21/h3-9,11,13-14,17,23H,10,12,15-16H2,1-2H3. The van der Waals surface area contributed by atoms with E-state index in [1.54, 1.807) is 46.6 Å². The maximum atomic E-state index is 13.7. The summed E-state index contributed by atoms with van der Waals surface area (Å²) in [6.45, 7) is 4.43. The van der Waals surface area contributed by atoms with Gasteiger partial charge in [-0.3, -0.25) is 9.59 Å². The first-order chi connectivity index (χ1) is 16.3. The van der Waals surface area contributed by atoms with E-state index in [-0.39, 0.29) is 42.6 Å². The number of amides is 2. The number of rotatable bonds is 7. The molecule has 1 aromatic heterocycles. The first-order valence-electron chi connectivity index (χ1n) is 11.1. The van der Waals surface area contributed by atoms with Crippen LogP contribution in [0.4, 0.5) is 4.39 Å². The Morgan fingerprint density at radius 3 is 2.68 bits per heavy atom. The van der Waals surface area contributed by atoms with Crippen LogP contribution in [0.3, 0.4) is 0 Å². The molecule has 2 amide bonds. The van der Waals surface area contributed by atoms with Gasteiger partial charge in [0.05, 0.1) is 6.04 Å². The molecule has 2 aromatic carbocycles. The summed E-state index contributed by atoms with van der Waals surface area (Å²) < 4.78 is 19.7. The zero-order chi connectivity index (χ0) is 24.2. The number of nitrogens with zero attached hydrogens (tertiary/aromatic N) is 2. The van der Waals surface area contributed by atoms with Crippen molar-refractivity contribution in [1.82, 2.24) is 9.80 Å². The summed E-state index contributed by atoms with van der Waals surface area (Å²) in [5.74, 6) is -0.351. The summed E-state index contributed by atoms with van der Waals surface area (Å²) in [7, 11) is 0. The molecule has 0 bridgehead atoms. The van der Waals surface area contributed by atoms with E-state index in [1.807, 2.05) is 25.3 Å². The normalized spacial score (nSPS) is 15.2. The van der Waals surface area contributed by atoms with E-state index >= 15 is 0 Å². The molecule has 1 aliphatic rings. The molecule has 0 fully saturated rings. The fraction of sp³-hybridized carbons (Fsp3) is 0.308. The number of ether oxygens (including phenoxy) is 1. The van der Waals surface area contributed by atoms with Crippen LogP contribution < -0.4 is 4.74 Å². The Morgan fingerprint density at radius 1 is 1.21 bits per heavy atom. The van der Waals surface area contributed by atoms with Gasteiger partial charge in [-0.05, 0) is 79.7 Å². The van der Waals surface area contributed by atoms with Crippen molar-refractivity contribution >= 4 is 34.8 Å². The lowest BCUT2D eigenvalue weighted by Crippen LogP contribution is -2.49. The van der Waals surface area contributed by atoms with Gasteiger partial charge in [0.25, 0.3) is 5.91 Å². The quantitative estimate of drug-likeness (QED) is 0.424. The summed E-state index contributed by atoms with van der Waals surface area (Å²) in [6, 6.07) is 14.2. The van der Waals surface area contributed by atoms with E-state index in [0.717, 1.165) is 12.0 Å². The average molecular weight is 501 g/mol. The molecule has 3 aromatic rings. The molecule has 1 atom stereocenters. The van der Waals surface area contributed by atoms with E-state index in [4.69, 9.17) is 16.3 Å². The van der Waals surface area contributed by atoms with Gasteiger partial charge in [0.1, 0.15) is 24.7 Å². The van der Waals surface area contributed by atoms with Crippen LogP contribution in [0.1, 0.15) is 40.7 Å². The summed E-state index contributed by atoms with van der Waals surface area (Å²) >= 11 is 7.65. The highest BCUT2D eigenvalue weighted by molar-refractivity contribution is 7.10. The molecule has 0 saturated carbocycles. The lowest BCUT2D eigenvalue weighted by Gasteiger charge is -2.37. The molecule has 0 aliphatic carbocycles. The van der Waals surface area contributed by atoms with Gasteiger partial charge in [0, 0.05) is 28.0 Å². The van der Waals surface area contributed by atoms with E-state index < -0.39 is 5.82 Å². The molecule has 5 nitrogen and oxygen atoms in total. The first-order valence-corrected chi connectivity index (χ1v) is 12.4.